The van der Waals surface area contributed by atoms with Crippen LogP contribution in [0.15, 0.2) is 72.8 Å². The summed E-state index contributed by atoms with van der Waals surface area (Å²) in [7, 11) is -1.30. The van der Waals surface area contributed by atoms with Gasteiger partial charge in [-0.25, -0.2) is 4.79 Å². The molecule has 0 aromatic heterocycles. The summed E-state index contributed by atoms with van der Waals surface area (Å²) >= 11 is 0. The fourth-order valence-corrected chi connectivity index (χ4v) is 6.02. The Balaban J connectivity index is 1.99. The first-order chi connectivity index (χ1) is 16.5. The van der Waals surface area contributed by atoms with E-state index in [-0.39, 0.29) is 18.1 Å². The topological polar surface area (TPSA) is 38.8 Å². The van der Waals surface area contributed by atoms with Gasteiger partial charge in [-0.3, -0.25) is 4.90 Å². The van der Waals surface area contributed by atoms with Crippen LogP contribution in [0.1, 0.15) is 57.6 Å². The Labute approximate surface area is 214 Å². The lowest BCUT2D eigenvalue weighted by atomic mass is 9.72. The van der Waals surface area contributed by atoms with Crippen molar-refractivity contribution < 1.29 is 14.0 Å². The van der Waals surface area contributed by atoms with E-state index in [0.29, 0.717) is 25.0 Å². The van der Waals surface area contributed by atoms with Gasteiger partial charge < -0.3 is 9.16 Å². The van der Waals surface area contributed by atoms with Gasteiger partial charge in [-0.15, -0.1) is 0 Å². The monoisotopic (exact) mass is 493 g/mol. The van der Waals surface area contributed by atoms with Gasteiger partial charge >= 0.3 is 6.09 Å². The van der Waals surface area contributed by atoms with E-state index in [1.54, 1.807) is 0 Å². The highest BCUT2D eigenvalue weighted by Gasteiger charge is 2.54. The van der Waals surface area contributed by atoms with Crippen LogP contribution in [-0.4, -0.2) is 38.7 Å². The van der Waals surface area contributed by atoms with Crippen LogP contribution in [0.25, 0.3) is 0 Å². The molecule has 3 atom stereocenters. The second kappa shape index (κ2) is 11.6. The maximum atomic E-state index is 13.7. The van der Waals surface area contributed by atoms with Crippen LogP contribution >= 0.6 is 0 Å². The molecule has 3 rings (SSSR count). The predicted molar refractivity (Wildman–Crippen MR) is 147 cm³/mol. The van der Waals surface area contributed by atoms with Gasteiger partial charge in [-0.1, -0.05) is 93.6 Å². The lowest BCUT2D eigenvalue weighted by Crippen LogP contribution is -2.55. The molecule has 0 aliphatic heterocycles. The second-order valence-corrected chi connectivity index (χ2v) is 14.0. The number of ether oxygens (including phenoxy) is 1. The largest absolute Gasteiger partial charge is 0.445 e. The van der Waals surface area contributed by atoms with Crippen molar-refractivity contribution in [1.82, 2.24) is 4.90 Å². The van der Waals surface area contributed by atoms with Gasteiger partial charge in [0.25, 0.3) is 0 Å². The zero-order chi connectivity index (χ0) is 25.6. The number of rotatable bonds is 9. The van der Waals surface area contributed by atoms with Crippen molar-refractivity contribution >= 4 is 15.1 Å². The minimum atomic E-state index is -1.30. The van der Waals surface area contributed by atoms with E-state index >= 15 is 0 Å². The summed E-state index contributed by atoms with van der Waals surface area (Å²) in [6.07, 6.45) is 1.45. The Hall–Kier alpha value is -2.37. The number of hydrogen-bond donors (Lipinski definition) is 0. The molecular formula is C30H43NO3Si. The Morgan fingerprint density at radius 3 is 2.20 bits per heavy atom. The number of carbonyl (C=O) groups is 1. The standard InChI is InChI=1S/C30H43NO3Si/c1-23(2)20-31(28(32)33-21-24-14-10-8-11-15-24)30(22-34-35(6)7)18-26(25-16-12-9-13-17-25)27(19-30)29(3,4)5/h8-17,26-27,35H,1,18-22H2,2-7H3. The smallest absolute Gasteiger partial charge is 0.410 e. The van der Waals surface area contributed by atoms with Crippen LogP contribution in [0.3, 0.4) is 0 Å². The average Bonchev–Trinajstić information content (AvgIpc) is 3.22. The van der Waals surface area contributed by atoms with E-state index in [4.69, 9.17) is 9.16 Å². The molecule has 1 fully saturated rings. The minimum Gasteiger partial charge on any atom is -0.445 e. The number of hydrogen-bond acceptors (Lipinski definition) is 3. The Morgan fingerprint density at radius 1 is 1.06 bits per heavy atom. The van der Waals surface area contributed by atoms with Crippen molar-refractivity contribution in [2.75, 3.05) is 13.2 Å². The van der Waals surface area contributed by atoms with Crippen LogP contribution in [-0.2, 0) is 15.8 Å². The number of nitrogens with zero attached hydrogens (tertiary/aromatic N) is 1. The number of benzene rings is 2. The van der Waals surface area contributed by atoms with Gasteiger partial charge in [0.05, 0.1) is 12.1 Å². The third-order valence-corrected chi connectivity index (χ3v) is 7.97. The van der Waals surface area contributed by atoms with Gasteiger partial charge in [0, 0.05) is 6.54 Å². The summed E-state index contributed by atoms with van der Waals surface area (Å²) in [5.74, 6) is 0.736. The Morgan fingerprint density at radius 2 is 1.66 bits per heavy atom. The van der Waals surface area contributed by atoms with E-state index in [9.17, 15) is 4.79 Å². The molecule has 0 N–H and O–H groups in total. The molecule has 190 valence electrons. The van der Waals surface area contributed by atoms with Crippen molar-refractivity contribution in [3.05, 3.63) is 83.9 Å². The predicted octanol–water partition coefficient (Wildman–Crippen LogP) is 7.18. The molecule has 3 unspecified atom stereocenters. The van der Waals surface area contributed by atoms with E-state index in [2.05, 4.69) is 70.8 Å². The third-order valence-electron chi connectivity index (χ3n) is 7.14. The molecule has 0 radical (unpaired) electrons. The number of carbonyl (C=O) groups excluding carboxylic acids is 1. The first-order valence-electron chi connectivity index (χ1n) is 12.8. The minimum absolute atomic E-state index is 0.0837. The van der Waals surface area contributed by atoms with E-state index < -0.39 is 14.6 Å². The van der Waals surface area contributed by atoms with E-state index in [0.717, 1.165) is 24.0 Å². The average molecular weight is 494 g/mol. The van der Waals surface area contributed by atoms with Crippen molar-refractivity contribution in [3.63, 3.8) is 0 Å². The Kier molecular flexibility index (Phi) is 9.00. The normalized spacial score (nSPS) is 22.3. The summed E-state index contributed by atoms with van der Waals surface area (Å²) < 4.78 is 12.3. The first-order valence-corrected chi connectivity index (χ1v) is 15.6. The first kappa shape index (κ1) is 27.2. The van der Waals surface area contributed by atoms with Crippen LogP contribution in [0, 0.1) is 11.3 Å². The molecule has 35 heavy (non-hydrogen) atoms. The Bertz CT molecular complexity index is 970. The quantitative estimate of drug-likeness (QED) is 0.274. The molecule has 2 aromatic rings. The molecule has 0 heterocycles. The summed E-state index contributed by atoms with van der Waals surface area (Å²) in [5, 5.41) is 0. The van der Waals surface area contributed by atoms with Gasteiger partial charge in [-0.2, -0.15) is 0 Å². The summed E-state index contributed by atoms with van der Waals surface area (Å²) in [4.78, 5) is 15.6. The second-order valence-electron chi connectivity index (χ2n) is 11.6. The van der Waals surface area contributed by atoms with Crippen molar-refractivity contribution in [2.24, 2.45) is 11.3 Å². The maximum absolute atomic E-state index is 13.7. The molecule has 0 spiro atoms. The van der Waals surface area contributed by atoms with E-state index in [1.807, 2.05) is 42.2 Å². The molecule has 0 bridgehead atoms. The van der Waals surface area contributed by atoms with Crippen LogP contribution < -0.4 is 0 Å². The highest BCUT2D eigenvalue weighted by molar-refractivity contribution is 6.48. The molecule has 1 amide bonds. The van der Waals surface area contributed by atoms with Crippen LogP contribution in [0.5, 0.6) is 0 Å². The summed E-state index contributed by atoms with van der Waals surface area (Å²) in [6, 6.07) is 20.6. The number of amides is 1. The fraction of sp³-hybridized carbons (Fsp3) is 0.500. The maximum Gasteiger partial charge on any atom is 0.410 e. The van der Waals surface area contributed by atoms with Crippen LogP contribution in [0.2, 0.25) is 13.1 Å². The SMILES string of the molecule is C=C(C)CN(C(=O)OCc1ccccc1)C1(CO[SiH](C)C)CC(c2ccccc2)C(C(C)(C)C)C1. The van der Waals surface area contributed by atoms with Crippen molar-refractivity contribution in [3.8, 4) is 0 Å². The molecular weight excluding hydrogens is 450 g/mol. The molecule has 1 aliphatic carbocycles. The third kappa shape index (κ3) is 7.08. The van der Waals surface area contributed by atoms with Gasteiger partial charge in [0.15, 0.2) is 9.04 Å². The van der Waals surface area contributed by atoms with Gasteiger partial charge in [-0.05, 0) is 61.2 Å². The lowest BCUT2D eigenvalue weighted by Gasteiger charge is -2.42. The molecule has 0 saturated heterocycles. The molecule has 1 aliphatic rings. The summed E-state index contributed by atoms with van der Waals surface area (Å²) in [6.45, 7) is 18.7. The molecule has 4 nitrogen and oxygen atoms in total. The summed E-state index contributed by atoms with van der Waals surface area (Å²) in [5.41, 5.74) is 2.91. The molecule has 1 saturated carbocycles. The zero-order valence-electron chi connectivity index (χ0n) is 22.4. The lowest BCUT2D eigenvalue weighted by molar-refractivity contribution is 0.0223. The molecule has 2 aromatic carbocycles. The van der Waals surface area contributed by atoms with Crippen LogP contribution in [0.4, 0.5) is 4.79 Å². The van der Waals surface area contributed by atoms with Gasteiger partial charge in [0.2, 0.25) is 0 Å². The highest BCUT2D eigenvalue weighted by atomic mass is 28.3. The van der Waals surface area contributed by atoms with E-state index in [1.165, 1.54) is 5.56 Å². The zero-order valence-corrected chi connectivity index (χ0v) is 23.6. The molecule has 5 heteroatoms. The van der Waals surface area contributed by atoms with Crippen molar-refractivity contribution in [2.45, 2.75) is 71.7 Å². The fourth-order valence-electron chi connectivity index (χ4n) is 5.38. The highest BCUT2D eigenvalue weighted by Crippen LogP contribution is 2.55. The van der Waals surface area contributed by atoms with Crippen molar-refractivity contribution in [1.29, 1.82) is 0 Å². The van der Waals surface area contributed by atoms with Gasteiger partial charge in [0.1, 0.15) is 6.61 Å².